The summed E-state index contributed by atoms with van der Waals surface area (Å²) in [6.07, 6.45) is 1.52. The molecule has 1 aliphatic rings. The van der Waals surface area contributed by atoms with Gasteiger partial charge in [0.2, 0.25) is 11.8 Å². The maximum absolute atomic E-state index is 12.1. The molecular weight excluding hydrogens is 256 g/mol. The van der Waals surface area contributed by atoms with Crippen LogP contribution in [0.1, 0.15) is 18.4 Å². The van der Waals surface area contributed by atoms with E-state index >= 15 is 0 Å². The minimum absolute atomic E-state index is 0.0959. The van der Waals surface area contributed by atoms with Crippen LogP contribution in [0, 0.1) is 0 Å². The summed E-state index contributed by atoms with van der Waals surface area (Å²) in [5.41, 5.74) is 2.10. The summed E-state index contributed by atoms with van der Waals surface area (Å²) in [6, 6.07) is 7.83. The lowest BCUT2D eigenvalue weighted by atomic mass is 10.2. The summed E-state index contributed by atoms with van der Waals surface area (Å²) in [5, 5.41) is 2.73. The van der Waals surface area contributed by atoms with Gasteiger partial charge in [0.05, 0.1) is 0 Å². The quantitative estimate of drug-likeness (QED) is 0.625. The van der Waals surface area contributed by atoms with E-state index in [9.17, 15) is 9.59 Å². The van der Waals surface area contributed by atoms with Crippen molar-refractivity contribution in [3.63, 3.8) is 0 Å². The molecule has 2 rings (SSSR count). The Balaban J connectivity index is 1.82. The predicted octanol–water partition coefficient (Wildman–Crippen LogP) is 1.12. The molecule has 0 bridgehead atoms. The minimum atomic E-state index is -0.226. The zero-order valence-electron chi connectivity index (χ0n) is 11.7. The van der Waals surface area contributed by atoms with Crippen molar-refractivity contribution in [2.75, 3.05) is 31.7 Å². The van der Waals surface area contributed by atoms with Gasteiger partial charge in [-0.05, 0) is 24.5 Å². The van der Waals surface area contributed by atoms with Gasteiger partial charge in [-0.25, -0.2) is 0 Å². The summed E-state index contributed by atoms with van der Waals surface area (Å²) in [4.78, 5) is 25.5. The van der Waals surface area contributed by atoms with Crippen molar-refractivity contribution in [2.45, 2.75) is 19.3 Å². The summed E-state index contributed by atoms with van der Waals surface area (Å²) < 4.78 is 4.90. The molecule has 0 spiro atoms. The average Bonchev–Trinajstić information content (AvgIpc) is 2.87. The fourth-order valence-electron chi connectivity index (χ4n) is 2.34. The van der Waals surface area contributed by atoms with Crippen molar-refractivity contribution in [3.8, 4) is 0 Å². The molecule has 108 valence electrons. The number of hydrogen-bond donors (Lipinski definition) is 1. The number of nitrogens with one attached hydrogen (secondary N) is 1. The molecule has 0 aromatic heterocycles. The Morgan fingerprint density at radius 3 is 2.95 bits per heavy atom. The molecule has 2 amide bonds. The molecule has 0 radical (unpaired) electrons. The number of rotatable bonds is 6. The van der Waals surface area contributed by atoms with E-state index in [-0.39, 0.29) is 18.2 Å². The van der Waals surface area contributed by atoms with E-state index in [1.807, 2.05) is 24.3 Å². The summed E-state index contributed by atoms with van der Waals surface area (Å²) in [5.74, 6) is -0.366. The van der Waals surface area contributed by atoms with Crippen LogP contribution < -0.4 is 10.2 Å². The Kier molecular flexibility index (Phi) is 5.12. The zero-order valence-corrected chi connectivity index (χ0v) is 11.7. The third kappa shape index (κ3) is 3.57. The number of amides is 2. The van der Waals surface area contributed by atoms with Gasteiger partial charge in [-0.15, -0.1) is 0 Å². The Hall–Kier alpha value is -1.88. The second-order valence-electron chi connectivity index (χ2n) is 4.80. The molecule has 0 aliphatic carbocycles. The molecule has 0 unspecified atom stereocenters. The van der Waals surface area contributed by atoms with E-state index < -0.39 is 0 Å². The van der Waals surface area contributed by atoms with Crippen LogP contribution in [0.15, 0.2) is 24.3 Å². The Bertz CT molecular complexity index is 488. The molecule has 1 N–H and O–H groups in total. The minimum Gasteiger partial charge on any atom is -0.385 e. The third-order valence-corrected chi connectivity index (χ3v) is 3.35. The molecule has 1 aromatic carbocycles. The van der Waals surface area contributed by atoms with Gasteiger partial charge in [0, 0.05) is 32.5 Å². The molecule has 1 aliphatic heterocycles. The number of nitrogens with zero attached hydrogens (tertiary/aromatic N) is 1. The van der Waals surface area contributed by atoms with E-state index in [1.54, 1.807) is 12.0 Å². The number of methoxy groups -OCH3 is 1. The first-order valence-electron chi connectivity index (χ1n) is 6.86. The van der Waals surface area contributed by atoms with Gasteiger partial charge >= 0.3 is 0 Å². The smallest absolute Gasteiger partial charge is 0.236 e. The van der Waals surface area contributed by atoms with Crippen LogP contribution in [-0.4, -0.2) is 38.6 Å². The number of ether oxygens (including phenoxy) is 1. The van der Waals surface area contributed by atoms with Crippen molar-refractivity contribution < 1.29 is 14.3 Å². The maximum atomic E-state index is 12.1. The summed E-state index contributed by atoms with van der Waals surface area (Å²) in [6.45, 7) is 1.80. The van der Waals surface area contributed by atoms with Crippen LogP contribution >= 0.6 is 0 Å². The number of anilines is 1. The first kappa shape index (κ1) is 14.5. The molecule has 0 saturated carbocycles. The first-order valence-corrected chi connectivity index (χ1v) is 6.86. The van der Waals surface area contributed by atoms with Crippen molar-refractivity contribution >= 4 is 17.5 Å². The average molecular weight is 276 g/mol. The second-order valence-corrected chi connectivity index (χ2v) is 4.80. The van der Waals surface area contributed by atoms with Gasteiger partial charge in [0.25, 0.3) is 0 Å². The van der Waals surface area contributed by atoms with Gasteiger partial charge in [-0.3, -0.25) is 9.59 Å². The molecule has 0 fully saturated rings. The van der Waals surface area contributed by atoms with E-state index in [0.717, 1.165) is 18.5 Å². The van der Waals surface area contributed by atoms with Crippen LogP contribution in [-0.2, 0) is 20.7 Å². The highest BCUT2D eigenvalue weighted by atomic mass is 16.5. The zero-order chi connectivity index (χ0) is 14.4. The van der Waals surface area contributed by atoms with Crippen LogP contribution in [0.4, 0.5) is 5.69 Å². The largest absolute Gasteiger partial charge is 0.385 e. The Morgan fingerprint density at radius 1 is 1.35 bits per heavy atom. The number of para-hydroxylation sites is 1. The highest BCUT2D eigenvalue weighted by Gasteiger charge is 2.25. The molecular formula is C15H20N2O3. The van der Waals surface area contributed by atoms with Crippen LogP contribution in [0.5, 0.6) is 0 Å². The second kappa shape index (κ2) is 7.05. The van der Waals surface area contributed by atoms with Crippen molar-refractivity contribution in [1.29, 1.82) is 0 Å². The summed E-state index contributed by atoms with van der Waals surface area (Å²) in [7, 11) is 1.62. The molecule has 5 nitrogen and oxygen atoms in total. The predicted molar refractivity (Wildman–Crippen MR) is 76.6 cm³/mol. The van der Waals surface area contributed by atoms with E-state index in [2.05, 4.69) is 5.32 Å². The van der Waals surface area contributed by atoms with Gasteiger partial charge in [0.1, 0.15) is 6.42 Å². The monoisotopic (exact) mass is 276 g/mol. The van der Waals surface area contributed by atoms with Crippen LogP contribution in [0.25, 0.3) is 0 Å². The first-order chi connectivity index (χ1) is 9.72. The number of hydrogen-bond acceptors (Lipinski definition) is 3. The number of benzene rings is 1. The molecule has 1 aromatic rings. The van der Waals surface area contributed by atoms with E-state index in [0.29, 0.717) is 19.7 Å². The lowest BCUT2D eigenvalue weighted by molar-refractivity contribution is -0.127. The van der Waals surface area contributed by atoms with Crippen molar-refractivity contribution in [1.82, 2.24) is 5.32 Å². The maximum Gasteiger partial charge on any atom is 0.236 e. The van der Waals surface area contributed by atoms with E-state index in [4.69, 9.17) is 4.74 Å². The summed E-state index contributed by atoms with van der Waals surface area (Å²) >= 11 is 0. The highest BCUT2D eigenvalue weighted by molar-refractivity contribution is 6.05. The topological polar surface area (TPSA) is 58.6 Å². The SMILES string of the molecule is COCCCNC(=O)CC(=O)N1CCc2ccccc21. The molecule has 20 heavy (non-hydrogen) atoms. The van der Waals surface area contributed by atoms with Gasteiger partial charge in [-0.1, -0.05) is 18.2 Å². The molecule has 0 saturated heterocycles. The normalized spacial score (nSPS) is 13.2. The number of carbonyl (C=O) groups excluding carboxylic acids is 2. The Morgan fingerprint density at radius 2 is 2.15 bits per heavy atom. The third-order valence-electron chi connectivity index (χ3n) is 3.35. The number of carbonyl (C=O) groups is 2. The van der Waals surface area contributed by atoms with Gasteiger partial charge in [0.15, 0.2) is 0 Å². The Labute approximate surface area is 118 Å². The van der Waals surface area contributed by atoms with Gasteiger partial charge < -0.3 is 15.0 Å². The fourth-order valence-corrected chi connectivity index (χ4v) is 2.34. The molecule has 1 heterocycles. The number of fused-ring (bicyclic) bond motifs is 1. The fraction of sp³-hybridized carbons (Fsp3) is 0.467. The van der Waals surface area contributed by atoms with Crippen LogP contribution in [0.2, 0.25) is 0 Å². The lowest BCUT2D eigenvalue weighted by Gasteiger charge is -2.17. The standard InChI is InChI=1S/C15H20N2O3/c1-20-10-4-8-16-14(18)11-15(19)17-9-7-12-5-2-3-6-13(12)17/h2-3,5-6H,4,7-11H2,1H3,(H,16,18). The van der Waals surface area contributed by atoms with Gasteiger partial charge in [-0.2, -0.15) is 0 Å². The van der Waals surface area contributed by atoms with Crippen LogP contribution in [0.3, 0.4) is 0 Å². The highest BCUT2D eigenvalue weighted by Crippen LogP contribution is 2.27. The van der Waals surface area contributed by atoms with E-state index in [1.165, 1.54) is 5.56 Å². The van der Waals surface area contributed by atoms with Crippen molar-refractivity contribution in [2.24, 2.45) is 0 Å². The van der Waals surface area contributed by atoms with Crippen molar-refractivity contribution in [3.05, 3.63) is 29.8 Å². The molecule has 5 heteroatoms. The lowest BCUT2D eigenvalue weighted by Crippen LogP contribution is -2.35. The molecule has 0 atom stereocenters.